The lowest BCUT2D eigenvalue weighted by molar-refractivity contribution is -0.134. The molecule has 1 unspecified atom stereocenters. The molecule has 0 saturated carbocycles. The number of amides is 3. The van der Waals surface area contributed by atoms with Crippen molar-refractivity contribution in [2.45, 2.75) is 69.7 Å². The van der Waals surface area contributed by atoms with Gasteiger partial charge in [-0.05, 0) is 99.2 Å². The van der Waals surface area contributed by atoms with Crippen molar-refractivity contribution >= 4 is 29.1 Å². The summed E-state index contributed by atoms with van der Waals surface area (Å²) in [6.07, 6.45) is 7.92. The maximum atomic E-state index is 13.6. The molecule has 264 valence electrons. The zero-order chi connectivity index (χ0) is 35.0. The number of carbonyl (C=O) groups is 3. The van der Waals surface area contributed by atoms with Gasteiger partial charge in [0.2, 0.25) is 11.8 Å². The molecule has 11 heteroatoms. The summed E-state index contributed by atoms with van der Waals surface area (Å²) in [5, 5.41) is 10.2. The van der Waals surface area contributed by atoms with Crippen molar-refractivity contribution in [2.75, 3.05) is 56.5 Å². The highest BCUT2D eigenvalue weighted by Gasteiger charge is 2.39. The van der Waals surface area contributed by atoms with Crippen LogP contribution in [0.25, 0.3) is 0 Å². The first kappa shape index (κ1) is 34.0. The Hall–Kier alpha value is -4.51. The van der Waals surface area contributed by atoms with Crippen LogP contribution in [0.2, 0.25) is 0 Å². The number of likely N-dealkylation sites (N-methyl/N-ethyl adjacent to an activating group) is 1. The van der Waals surface area contributed by atoms with Crippen LogP contribution in [-0.2, 0) is 16.6 Å². The Morgan fingerprint density at radius 1 is 0.880 bits per heavy atom. The van der Waals surface area contributed by atoms with Crippen LogP contribution in [0.5, 0.6) is 0 Å². The van der Waals surface area contributed by atoms with E-state index in [2.05, 4.69) is 56.8 Å². The Balaban J connectivity index is 0.901. The third-order valence-corrected chi connectivity index (χ3v) is 11.8. The maximum Gasteiger partial charge on any atom is 0.271 e. The van der Waals surface area contributed by atoms with E-state index in [9.17, 15) is 19.2 Å². The predicted octanol–water partition coefficient (Wildman–Crippen LogP) is 4.03. The summed E-state index contributed by atoms with van der Waals surface area (Å²) < 4.78 is 1.36. The number of hydrogen-bond acceptors (Lipinski definition) is 8. The van der Waals surface area contributed by atoms with E-state index in [0.29, 0.717) is 24.3 Å². The first-order valence-electron chi connectivity index (χ1n) is 18.1. The van der Waals surface area contributed by atoms with Gasteiger partial charge < -0.3 is 20.0 Å². The fourth-order valence-electron chi connectivity index (χ4n) is 8.62. The van der Waals surface area contributed by atoms with E-state index in [1.54, 1.807) is 13.2 Å². The Labute approximate surface area is 294 Å². The highest BCUT2D eigenvalue weighted by atomic mass is 16.2. The van der Waals surface area contributed by atoms with Gasteiger partial charge in [-0.1, -0.05) is 24.3 Å². The molecule has 4 aliphatic heterocycles. The van der Waals surface area contributed by atoms with Crippen LogP contribution in [0.1, 0.15) is 83.8 Å². The van der Waals surface area contributed by atoms with Crippen molar-refractivity contribution in [2.24, 2.45) is 12.5 Å². The van der Waals surface area contributed by atoms with Gasteiger partial charge in [-0.2, -0.15) is 5.10 Å². The molecule has 4 saturated heterocycles. The van der Waals surface area contributed by atoms with Gasteiger partial charge in [-0.15, -0.1) is 0 Å². The Kier molecular flexibility index (Phi) is 9.52. The van der Waals surface area contributed by atoms with Gasteiger partial charge in [0, 0.05) is 75.6 Å². The third-order valence-electron chi connectivity index (χ3n) is 11.8. The normalized spacial score (nSPS) is 24.3. The summed E-state index contributed by atoms with van der Waals surface area (Å²) in [6.45, 7) is 7.22. The number of carbonyl (C=O) groups excluding carboxylic acids is 3. The van der Waals surface area contributed by atoms with Gasteiger partial charge in [0.15, 0.2) is 0 Å². The molecule has 50 heavy (non-hydrogen) atoms. The second-order valence-electron chi connectivity index (χ2n) is 15.1. The molecule has 1 aromatic heterocycles. The number of anilines is 2. The van der Waals surface area contributed by atoms with E-state index in [1.807, 2.05) is 36.1 Å². The lowest BCUT2D eigenvalue weighted by Gasteiger charge is -2.47. The number of imide groups is 1. The van der Waals surface area contributed by atoms with Crippen molar-refractivity contribution < 1.29 is 14.4 Å². The van der Waals surface area contributed by atoms with E-state index in [4.69, 9.17) is 0 Å². The molecule has 0 bridgehead atoms. The fraction of sp³-hybridized carbons (Fsp3) is 0.513. The number of aryl methyl sites for hydroxylation is 1. The number of benzene rings is 2. The molecule has 7 rings (SSSR count). The SMILES string of the molecule is Cc1c(N[C@@H]2C[C@H](c3ccc(C(=O)N4CCC5(CC4)CCN(c4ccc(C6CCC(=O)NC6=O)cc4)CC5)cc3)CN(C)C2)cnn(C)c1=O. The van der Waals surface area contributed by atoms with Crippen LogP contribution in [0.4, 0.5) is 11.4 Å². The van der Waals surface area contributed by atoms with E-state index in [-0.39, 0.29) is 40.7 Å². The number of rotatable bonds is 6. The number of likely N-dealkylation sites (tertiary alicyclic amines) is 2. The quantitative estimate of drug-likeness (QED) is 0.375. The zero-order valence-electron chi connectivity index (χ0n) is 29.5. The van der Waals surface area contributed by atoms with Gasteiger partial charge in [-0.3, -0.25) is 24.5 Å². The number of piperidine rings is 4. The smallest absolute Gasteiger partial charge is 0.271 e. The highest BCUT2D eigenvalue weighted by Crippen LogP contribution is 2.42. The lowest BCUT2D eigenvalue weighted by atomic mass is 9.71. The predicted molar refractivity (Wildman–Crippen MR) is 194 cm³/mol. The van der Waals surface area contributed by atoms with E-state index in [1.165, 1.54) is 15.9 Å². The van der Waals surface area contributed by atoms with Crippen LogP contribution < -0.4 is 21.1 Å². The Morgan fingerprint density at radius 3 is 2.22 bits per heavy atom. The summed E-state index contributed by atoms with van der Waals surface area (Å²) in [5.74, 6) is -0.199. The molecule has 2 N–H and O–H groups in total. The highest BCUT2D eigenvalue weighted by molar-refractivity contribution is 6.01. The minimum absolute atomic E-state index is 0.0852. The van der Waals surface area contributed by atoms with Crippen molar-refractivity contribution in [1.82, 2.24) is 24.9 Å². The number of nitrogens with one attached hydrogen (secondary N) is 2. The van der Waals surface area contributed by atoms with Crippen LogP contribution >= 0.6 is 0 Å². The molecule has 0 aliphatic carbocycles. The summed E-state index contributed by atoms with van der Waals surface area (Å²) >= 11 is 0. The summed E-state index contributed by atoms with van der Waals surface area (Å²) in [4.78, 5) is 56.6. The molecule has 3 aromatic rings. The molecule has 5 heterocycles. The topological polar surface area (TPSA) is 120 Å². The van der Waals surface area contributed by atoms with E-state index in [0.717, 1.165) is 88.2 Å². The molecule has 3 amide bonds. The second kappa shape index (κ2) is 14.0. The molecule has 11 nitrogen and oxygen atoms in total. The second-order valence-corrected chi connectivity index (χ2v) is 15.1. The largest absolute Gasteiger partial charge is 0.379 e. The zero-order valence-corrected chi connectivity index (χ0v) is 29.5. The Bertz CT molecular complexity index is 1790. The minimum atomic E-state index is -0.256. The lowest BCUT2D eigenvalue weighted by Crippen LogP contribution is -2.48. The van der Waals surface area contributed by atoms with Crippen molar-refractivity contribution in [1.29, 1.82) is 0 Å². The van der Waals surface area contributed by atoms with E-state index < -0.39 is 0 Å². The average molecular weight is 680 g/mol. The molecular weight excluding hydrogens is 630 g/mol. The molecule has 4 fully saturated rings. The number of hydrogen-bond donors (Lipinski definition) is 2. The number of nitrogens with zero attached hydrogens (tertiary/aromatic N) is 5. The maximum absolute atomic E-state index is 13.6. The van der Waals surface area contributed by atoms with Crippen molar-refractivity contribution in [3.8, 4) is 0 Å². The van der Waals surface area contributed by atoms with Crippen LogP contribution in [0.3, 0.4) is 0 Å². The molecule has 3 atom stereocenters. The molecule has 1 spiro atoms. The molecule has 4 aliphatic rings. The summed E-state index contributed by atoms with van der Waals surface area (Å²) in [7, 11) is 3.80. The molecular formula is C39H49N7O4. The summed E-state index contributed by atoms with van der Waals surface area (Å²) in [6, 6.07) is 16.7. The third kappa shape index (κ3) is 7.06. The van der Waals surface area contributed by atoms with Gasteiger partial charge in [-0.25, -0.2) is 4.68 Å². The first-order valence-corrected chi connectivity index (χ1v) is 18.1. The van der Waals surface area contributed by atoms with Crippen molar-refractivity contribution in [3.63, 3.8) is 0 Å². The van der Waals surface area contributed by atoms with Crippen molar-refractivity contribution in [3.05, 3.63) is 87.3 Å². The van der Waals surface area contributed by atoms with Gasteiger partial charge in [0.1, 0.15) is 0 Å². The van der Waals surface area contributed by atoms with Crippen LogP contribution in [-0.4, -0.2) is 89.7 Å². The summed E-state index contributed by atoms with van der Waals surface area (Å²) in [5.41, 5.74) is 5.79. The average Bonchev–Trinajstić information content (AvgIpc) is 3.12. The molecule has 0 radical (unpaired) electrons. The Morgan fingerprint density at radius 2 is 1.54 bits per heavy atom. The van der Waals surface area contributed by atoms with Crippen LogP contribution in [0, 0.1) is 12.3 Å². The monoisotopic (exact) mass is 679 g/mol. The van der Waals surface area contributed by atoms with Gasteiger partial charge in [0.25, 0.3) is 11.5 Å². The van der Waals surface area contributed by atoms with Crippen LogP contribution in [0.15, 0.2) is 59.5 Å². The van der Waals surface area contributed by atoms with E-state index >= 15 is 0 Å². The first-order chi connectivity index (χ1) is 24.1. The van der Waals surface area contributed by atoms with Gasteiger partial charge in [0.05, 0.1) is 17.8 Å². The standard InChI is InChI=1S/C39H49N7O4/c1-26-34(23-40-44(3)37(26)49)41-31-22-30(24-43(2)25-31)27-4-6-29(7-5-27)38(50)46-20-16-39(17-21-46)14-18-45(19-15-39)32-10-8-28(9-11-32)33-12-13-35(47)42-36(33)48/h4-11,23,30-31,33,41H,12-22,24-25H2,1-3H3,(H,42,47,48)/t30-,31+,33?/m0/s1. The minimum Gasteiger partial charge on any atom is -0.379 e. The fourth-order valence-corrected chi connectivity index (χ4v) is 8.62. The van der Waals surface area contributed by atoms with Gasteiger partial charge >= 0.3 is 0 Å². The molecule has 2 aromatic carbocycles. The number of aromatic nitrogens is 2.